The lowest BCUT2D eigenvalue weighted by atomic mass is 9.80. The van der Waals surface area contributed by atoms with Gasteiger partial charge < -0.3 is 0 Å². The Morgan fingerprint density at radius 1 is 1.00 bits per heavy atom. The molecule has 0 atom stereocenters. The van der Waals surface area contributed by atoms with Crippen LogP contribution >= 0.6 is 0 Å². The van der Waals surface area contributed by atoms with E-state index in [1.54, 1.807) is 0 Å². The van der Waals surface area contributed by atoms with Gasteiger partial charge in [-0.2, -0.15) is 0 Å². The maximum Gasteiger partial charge on any atom is -0.0236 e. The van der Waals surface area contributed by atoms with E-state index in [2.05, 4.69) is 31.7 Å². The molecule has 17 heavy (non-hydrogen) atoms. The van der Waals surface area contributed by atoms with Crippen molar-refractivity contribution >= 4 is 0 Å². The highest BCUT2D eigenvalue weighted by molar-refractivity contribution is 4.86. The highest BCUT2D eigenvalue weighted by Gasteiger charge is 2.17. The van der Waals surface area contributed by atoms with Gasteiger partial charge in [0, 0.05) is 0 Å². The zero-order valence-corrected chi connectivity index (χ0v) is 11.7. The van der Waals surface area contributed by atoms with Gasteiger partial charge >= 0.3 is 0 Å². The Morgan fingerprint density at radius 3 is 2.35 bits per heavy atom. The van der Waals surface area contributed by atoms with E-state index in [1.807, 2.05) is 0 Å². The average molecular weight is 234 g/mol. The summed E-state index contributed by atoms with van der Waals surface area (Å²) in [6, 6.07) is 0. The third-order valence-electron chi connectivity index (χ3n) is 4.11. The van der Waals surface area contributed by atoms with Gasteiger partial charge in [-0.1, -0.05) is 38.0 Å². The van der Waals surface area contributed by atoms with Crippen molar-refractivity contribution in [2.45, 2.75) is 71.1 Å². The van der Waals surface area contributed by atoms with Gasteiger partial charge in [0.1, 0.15) is 0 Å². The van der Waals surface area contributed by atoms with Crippen molar-refractivity contribution in [2.24, 2.45) is 11.8 Å². The minimum absolute atomic E-state index is 0.816. The van der Waals surface area contributed by atoms with Gasteiger partial charge in [0.05, 0.1) is 0 Å². The summed E-state index contributed by atoms with van der Waals surface area (Å²) < 4.78 is 0. The first kappa shape index (κ1) is 14.5. The number of rotatable bonds is 8. The average Bonchev–Trinajstić information content (AvgIpc) is 2.38. The van der Waals surface area contributed by atoms with Crippen LogP contribution < -0.4 is 0 Å². The highest BCUT2D eigenvalue weighted by Crippen LogP contribution is 2.31. The van der Waals surface area contributed by atoms with E-state index >= 15 is 0 Å². The third kappa shape index (κ3) is 6.71. The molecule has 1 rings (SSSR count). The molecule has 0 bridgehead atoms. The van der Waals surface area contributed by atoms with Gasteiger partial charge in [0.15, 0.2) is 0 Å². The van der Waals surface area contributed by atoms with E-state index < -0.39 is 0 Å². The standard InChI is InChI=1S/C17H30/c1-3-5-6-7-8-9-10-11-17-14-12-16(4-2)13-15-17/h4,8-9,16-17H,2-3,5-7,10-15H2,1H3/b9-8+. The Labute approximate surface area is 108 Å². The largest absolute Gasteiger partial charge is 0.103 e. The molecule has 0 radical (unpaired) electrons. The SMILES string of the molecule is C=CC1CCC(CC/C=C/CCCCC)CC1. The lowest BCUT2D eigenvalue weighted by Gasteiger charge is -2.26. The predicted octanol–water partition coefficient (Wildman–Crippen LogP) is 5.90. The Balaban J connectivity index is 1.98. The molecule has 0 amide bonds. The number of hydrogen-bond donors (Lipinski definition) is 0. The summed E-state index contributed by atoms with van der Waals surface area (Å²) in [6.45, 7) is 6.18. The van der Waals surface area contributed by atoms with Crippen LogP contribution in [-0.4, -0.2) is 0 Å². The molecular formula is C17H30. The molecule has 1 fully saturated rings. The number of hydrogen-bond acceptors (Lipinski definition) is 0. The lowest BCUT2D eigenvalue weighted by molar-refractivity contribution is 0.297. The fraction of sp³-hybridized carbons (Fsp3) is 0.765. The molecule has 0 heterocycles. The van der Waals surface area contributed by atoms with Gasteiger partial charge in [-0.15, -0.1) is 6.58 Å². The first-order valence-electron chi connectivity index (χ1n) is 7.64. The Morgan fingerprint density at radius 2 is 1.71 bits per heavy atom. The Kier molecular flexibility index (Phi) is 8.13. The van der Waals surface area contributed by atoms with Crippen LogP contribution in [0, 0.1) is 11.8 Å². The second kappa shape index (κ2) is 9.50. The smallest absolute Gasteiger partial charge is 0.0236 e. The summed E-state index contributed by atoms with van der Waals surface area (Å²) in [5, 5.41) is 0. The molecule has 1 saturated carbocycles. The van der Waals surface area contributed by atoms with Crippen molar-refractivity contribution in [3.63, 3.8) is 0 Å². The monoisotopic (exact) mass is 234 g/mol. The van der Waals surface area contributed by atoms with Crippen LogP contribution in [0.15, 0.2) is 24.8 Å². The van der Waals surface area contributed by atoms with Gasteiger partial charge in [0.25, 0.3) is 0 Å². The molecule has 1 aliphatic carbocycles. The fourth-order valence-electron chi connectivity index (χ4n) is 2.79. The number of unbranched alkanes of at least 4 members (excludes halogenated alkanes) is 3. The predicted molar refractivity (Wildman–Crippen MR) is 78.2 cm³/mol. The van der Waals surface area contributed by atoms with Crippen molar-refractivity contribution in [1.29, 1.82) is 0 Å². The van der Waals surface area contributed by atoms with Gasteiger partial charge in [0.2, 0.25) is 0 Å². The van der Waals surface area contributed by atoms with E-state index in [9.17, 15) is 0 Å². The summed E-state index contributed by atoms with van der Waals surface area (Å²) in [6.07, 6.45) is 20.7. The maximum atomic E-state index is 3.91. The second-order valence-corrected chi connectivity index (χ2v) is 5.56. The van der Waals surface area contributed by atoms with Gasteiger partial charge in [-0.25, -0.2) is 0 Å². The summed E-state index contributed by atoms with van der Waals surface area (Å²) in [4.78, 5) is 0. The van der Waals surface area contributed by atoms with Crippen LogP contribution in [0.25, 0.3) is 0 Å². The molecule has 0 aromatic heterocycles. The molecular weight excluding hydrogens is 204 g/mol. The molecule has 0 aromatic rings. The van der Waals surface area contributed by atoms with E-state index in [0.29, 0.717) is 0 Å². The Hall–Kier alpha value is -0.520. The van der Waals surface area contributed by atoms with Crippen LogP contribution in [-0.2, 0) is 0 Å². The van der Waals surface area contributed by atoms with E-state index in [1.165, 1.54) is 64.2 Å². The van der Waals surface area contributed by atoms with Gasteiger partial charge in [-0.3, -0.25) is 0 Å². The zero-order chi connectivity index (χ0) is 12.3. The van der Waals surface area contributed by atoms with E-state index in [4.69, 9.17) is 0 Å². The van der Waals surface area contributed by atoms with Crippen molar-refractivity contribution in [3.8, 4) is 0 Å². The molecule has 0 spiro atoms. The van der Waals surface area contributed by atoms with Crippen LogP contribution in [0.4, 0.5) is 0 Å². The van der Waals surface area contributed by atoms with Crippen LogP contribution in [0.1, 0.15) is 71.1 Å². The normalized spacial score (nSPS) is 25.2. The first-order chi connectivity index (χ1) is 8.36. The Bertz CT molecular complexity index is 206. The fourth-order valence-corrected chi connectivity index (χ4v) is 2.79. The van der Waals surface area contributed by atoms with Crippen molar-refractivity contribution in [3.05, 3.63) is 24.8 Å². The maximum absolute atomic E-state index is 3.91. The van der Waals surface area contributed by atoms with E-state index in [-0.39, 0.29) is 0 Å². The minimum Gasteiger partial charge on any atom is -0.103 e. The molecule has 0 unspecified atom stereocenters. The minimum atomic E-state index is 0.816. The van der Waals surface area contributed by atoms with Crippen molar-refractivity contribution in [2.75, 3.05) is 0 Å². The lowest BCUT2D eigenvalue weighted by Crippen LogP contribution is -2.12. The summed E-state index contributed by atoms with van der Waals surface area (Å²) in [5.74, 6) is 1.81. The molecule has 1 aliphatic rings. The number of allylic oxidation sites excluding steroid dienone is 3. The third-order valence-corrected chi connectivity index (χ3v) is 4.11. The molecule has 0 aliphatic heterocycles. The quantitative estimate of drug-likeness (QED) is 0.362. The van der Waals surface area contributed by atoms with Crippen LogP contribution in [0.5, 0.6) is 0 Å². The summed E-state index contributed by atoms with van der Waals surface area (Å²) in [5.41, 5.74) is 0. The molecule has 0 heteroatoms. The van der Waals surface area contributed by atoms with Crippen LogP contribution in [0.3, 0.4) is 0 Å². The van der Waals surface area contributed by atoms with E-state index in [0.717, 1.165) is 11.8 Å². The van der Waals surface area contributed by atoms with Crippen molar-refractivity contribution < 1.29 is 0 Å². The topological polar surface area (TPSA) is 0 Å². The summed E-state index contributed by atoms with van der Waals surface area (Å²) in [7, 11) is 0. The second-order valence-electron chi connectivity index (χ2n) is 5.56. The molecule has 98 valence electrons. The van der Waals surface area contributed by atoms with Crippen LogP contribution in [0.2, 0.25) is 0 Å². The summed E-state index contributed by atoms with van der Waals surface area (Å²) >= 11 is 0. The highest BCUT2D eigenvalue weighted by atomic mass is 14.2. The molecule has 0 saturated heterocycles. The first-order valence-corrected chi connectivity index (χ1v) is 7.64. The van der Waals surface area contributed by atoms with Gasteiger partial charge in [-0.05, 0) is 63.2 Å². The molecule has 0 N–H and O–H groups in total. The molecule has 0 aromatic carbocycles. The molecule has 0 nitrogen and oxygen atoms in total. The van der Waals surface area contributed by atoms with Crippen molar-refractivity contribution in [1.82, 2.24) is 0 Å². The zero-order valence-electron chi connectivity index (χ0n) is 11.7.